The molecule has 0 amide bonds. The number of aromatic nitrogens is 2. The summed E-state index contributed by atoms with van der Waals surface area (Å²) in [6.45, 7) is 2.05. The third-order valence-electron chi connectivity index (χ3n) is 4.88. The minimum atomic E-state index is 0.528. The lowest BCUT2D eigenvalue weighted by molar-refractivity contribution is 0.415. The van der Waals surface area contributed by atoms with Crippen LogP contribution in [-0.2, 0) is 0 Å². The van der Waals surface area contributed by atoms with E-state index in [4.69, 9.17) is 9.72 Å². The minimum absolute atomic E-state index is 0.528. The number of pyridine rings is 1. The number of benzene rings is 1. The third-order valence-corrected chi connectivity index (χ3v) is 5.97. The van der Waals surface area contributed by atoms with Crippen LogP contribution in [0, 0.1) is 0 Å². The van der Waals surface area contributed by atoms with Gasteiger partial charge in [0, 0.05) is 38.4 Å². The average Bonchev–Trinajstić information content (AvgIpc) is 3.11. The normalized spacial score (nSPS) is 15.5. The van der Waals surface area contributed by atoms with E-state index >= 15 is 0 Å². The van der Waals surface area contributed by atoms with E-state index < -0.39 is 0 Å². The van der Waals surface area contributed by atoms with Crippen LogP contribution < -0.4 is 14.5 Å². The van der Waals surface area contributed by atoms with Crippen molar-refractivity contribution in [3.05, 3.63) is 42.6 Å². The molecule has 0 spiro atoms. The summed E-state index contributed by atoms with van der Waals surface area (Å²) in [7, 11) is 3.84. The SMILES string of the molecule is COc1ccc2sc(N3CCC(N(C)c4ccccn4)CC3)nc2c1. The van der Waals surface area contributed by atoms with Gasteiger partial charge in [-0.2, -0.15) is 0 Å². The molecule has 0 unspecified atom stereocenters. The summed E-state index contributed by atoms with van der Waals surface area (Å²) in [6, 6.07) is 12.7. The van der Waals surface area contributed by atoms with E-state index in [0.717, 1.165) is 48.1 Å². The predicted octanol–water partition coefficient (Wildman–Crippen LogP) is 3.81. The lowest BCUT2D eigenvalue weighted by Gasteiger charge is -2.37. The molecule has 1 aromatic carbocycles. The number of ether oxygens (including phenoxy) is 1. The van der Waals surface area contributed by atoms with Crippen LogP contribution in [-0.4, -0.2) is 43.3 Å². The summed E-state index contributed by atoms with van der Waals surface area (Å²) in [5.74, 6) is 1.91. The molecule has 0 saturated carbocycles. The van der Waals surface area contributed by atoms with Gasteiger partial charge in [-0.05, 0) is 37.1 Å². The van der Waals surface area contributed by atoms with Crippen molar-refractivity contribution in [3.63, 3.8) is 0 Å². The van der Waals surface area contributed by atoms with Crippen molar-refractivity contribution in [1.29, 1.82) is 0 Å². The summed E-state index contributed by atoms with van der Waals surface area (Å²) in [4.78, 5) is 14.0. The molecule has 0 radical (unpaired) electrons. The Morgan fingerprint density at radius 2 is 2.04 bits per heavy atom. The summed E-state index contributed by atoms with van der Waals surface area (Å²) in [5, 5.41) is 1.11. The van der Waals surface area contributed by atoms with Crippen LogP contribution >= 0.6 is 11.3 Å². The van der Waals surface area contributed by atoms with E-state index in [1.165, 1.54) is 4.70 Å². The van der Waals surface area contributed by atoms with Gasteiger partial charge in [0.25, 0.3) is 0 Å². The summed E-state index contributed by atoms with van der Waals surface area (Å²) < 4.78 is 6.51. The third kappa shape index (κ3) is 3.26. The van der Waals surface area contributed by atoms with Gasteiger partial charge in [0.15, 0.2) is 5.13 Å². The molecule has 0 bridgehead atoms. The number of thiazole rings is 1. The molecule has 1 aliphatic rings. The second-order valence-corrected chi connectivity index (χ2v) is 7.36. The van der Waals surface area contributed by atoms with E-state index in [0.29, 0.717) is 6.04 Å². The Hall–Kier alpha value is -2.34. The van der Waals surface area contributed by atoms with Crippen LogP contribution in [0.3, 0.4) is 0 Å². The van der Waals surface area contributed by atoms with E-state index in [2.05, 4.69) is 34.0 Å². The van der Waals surface area contributed by atoms with Crippen molar-refractivity contribution in [2.45, 2.75) is 18.9 Å². The van der Waals surface area contributed by atoms with Crippen LogP contribution in [0.2, 0.25) is 0 Å². The fraction of sp³-hybridized carbons (Fsp3) is 0.368. The van der Waals surface area contributed by atoms with Gasteiger partial charge in [-0.3, -0.25) is 0 Å². The maximum atomic E-state index is 5.30. The largest absolute Gasteiger partial charge is 0.497 e. The molecule has 3 heterocycles. The topological polar surface area (TPSA) is 41.5 Å². The molecule has 25 heavy (non-hydrogen) atoms. The predicted molar refractivity (Wildman–Crippen MR) is 104 cm³/mol. The van der Waals surface area contributed by atoms with Gasteiger partial charge in [0.2, 0.25) is 0 Å². The molecule has 4 rings (SSSR count). The fourth-order valence-electron chi connectivity index (χ4n) is 3.35. The first kappa shape index (κ1) is 16.1. The standard InChI is InChI=1S/C19H22N4OS/c1-22(18-5-3-4-10-20-18)14-8-11-23(12-9-14)19-21-16-13-15(24-2)6-7-17(16)25-19/h3-7,10,13-14H,8-9,11-12H2,1-2H3. The molecule has 0 aliphatic carbocycles. The molecular formula is C19H22N4OS. The van der Waals surface area contributed by atoms with E-state index in [9.17, 15) is 0 Å². The lowest BCUT2D eigenvalue weighted by Crippen LogP contribution is -2.43. The molecule has 0 N–H and O–H groups in total. The average molecular weight is 354 g/mol. The van der Waals surface area contributed by atoms with Crippen LogP contribution in [0.25, 0.3) is 10.2 Å². The highest BCUT2D eigenvalue weighted by molar-refractivity contribution is 7.22. The molecule has 1 aliphatic heterocycles. The van der Waals surface area contributed by atoms with Crippen molar-refractivity contribution in [1.82, 2.24) is 9.97 Å². The van der Waals surface area contributed by atoms with Gasteiger partial charge < -0.3 is 14.5 Å². The number of hydrogen-bond donors (Lipinski definition) is 0. The molecule has 5 nitrogen and oxygen atoms in total. The highest BCUT2D eigenvalue weighted by Gasteiger charge is 2.25. The molecule has 3 aromatic rings. The number of hydrogen-bond acceptors (Lipinski definition) is 6. The Kier molecular flexibility index (Phi) is 4.44. The first-order valence-corrected chi connectivity index (χ1v) is 9.39. The molecule has 130 valence electrons. The van der Waals surface area contributed by atoms with Crippen molar-refractivity contribution in [3.8, 4) is 5.75 Å². The Balaban J connectivity index is 1.45. The Bertz CT molecular complexity index is 843. The van der Waals surface area contributed by atoms with E-state index in [-0.39, 0.29) is 0 Å². The monoisotopic (exact) mass is 354 g/mol. The number of anilines is 2. The van der Waals surface area contributed by atoms with Gasteiger partial charge in [-0.1, -0.05) is 17.4 Å². The zero-order valence-corrected chi connectivity index (χ0v) is 15.4. The van der Waals surface area contributed by atoms with Gasteiger partial charge in [0.05, 0.1) is 17.3 Å². The molecule has 2 aromatic heterocycles. The van der Waals surface area contributed by atoms with Gasteiger partial charge >= 0.3 is 0 Å². The second-order valence-electron chi connectivity index (χ2n) is 6.35. The lowest BCUT2D eigenvalue weighted by atomic mass is 10.0. The van der Waals surface area contributed by atoms with E-state index in [1.807, 2.05) is 30.5 Å². The van der Waals surface area contributed by atoms with Crippen LogP contribution in [0.15, 0.2) is 42.6 Å². The van der Waals surface area contributed by atoms with Gasteiger partial charge in [0.1, 0.15) is 11.6 Å². The maximum absolute atomic E-state index is 5.30. The van der Waals surface area contributed by atoms with Gasteiger partial charge in [-0.25, -0.2) is 9.97 Å². The minimum Gasteiger partial charge on any atom is -0.497 e. The zero-order chi connectivity index (χ0) is 17.2. The summed E-state index contributed by atoms with van der Waals surface area (Å²) in [6.07, 6.45) is 4.09. The summed E-state index contributed by atoms with van der Waals surface area (Å²) in [5.41, 5.74) is 1.02. The molecule has 6 heteroatoms. The van der Waals surface area contributed by atoms with Gasteiger partial charge in [-0.15, -0.1) is 0 Å². The fourth-order valence-corrected chi connectivity index (χ4v) is 4.35. The van der Waals surface area contributed by atoms with Crippen LogP contribution in [0.1, 0.15) is 12.8 Å². The smallest absolute Gasteiger partial charge is 0.186 e. The molecule has 0 atom stereocenters. The number of methoxy groups -OCH3 is 1. The van der Waals surface area contributed by atoms with Crippen molar-refractivity contribution in [2.24, 2.45) is 0 Å². The first-order chi connectivity index (χ1) is 12.2. The number of fused-ring (bicyclic) bond motifs is 1. The first-order valence-electron chi connectivity index (χ1n) is 8.58. The van der Waals surface area contributed by atoms with Crippen LogP contribution in [0.4, 0.5) is 10.9 Å². The summed E-state index contributed by atoms with van der Waals surface area (Å²) >= 11 is 1.76. The molecule has 1 fully saturated rings. The second kappa shape index (κ2) is 6.88. The highest BCUT2D eigenvalue weighted by atomic mass is 32.1. The zero-order valence-electron chi connectivity index (χ0n) is 14.6. The Morgan fingerprint density at radius 1 is 1.20 bits per heavy atom. The molecule has 1 saturated heterocycles. The maximum Gasteiger partial charge on any atom is 0.186 e. The molecular weight excluding hydrogens is 332 g/mol. The Labute approximate surface area is 151 Å². The van der Waals surface area contributed by atoms with Crippen molar-refractivity contribution < 1.29 is 4.74 Å². The number of nitrogens with zero attached hydrogens (tertiary/aromatic N) is 4. The number of rotatable bonds is 4. The number of piperidine rings is 1. The van der Waals surface area contributed by atoms with Crippen LogP contribution in [0.5, 0.6) is 5.75 Å². The van der Waals surface area contributed by atoms with E-state index in [1.54, 1.807) is 18.4 Å². The van der Waals surface area contributed by atoms with Crippen molar-refractivity contribution >= 4 is 32.5 Å². The van der Waals surface area contributed by atoms with Crippen molar-refractivity contribution in [2.75, 3.05) is 37.0 Å². The quantitative estimate of drug-likeness (QED) is 0.713. The Morgan fingerprint density at radius 3 is 2.76 bits per heavy atom. The highest BCUT2D eigenvalue weighted by Crippen LogP contribution is 2.33.